The molecule has 3 aromatic rings. The van der Waals surface area contributed by atoms with Crippen LogP contribution in [0.3, 0.4) is 0 Å². The summed E-state index contributed by atoms with van der Waals surface area (Å²) in [6, 6.07) is 21.4. The number of carbonyl (C=O) groups is 4. The van der Waals surface area contributed by atoms with Crippen LogP contribution < -0.4 is 15.4 Å². The minimum absolute atomic E-state index is 0.156. The van der Waals surface area contributed by atoms with Crippen molar-refractivity contribution in [1.29, 1.82) is 0 Å². The Morgan fingerprint density at radius 2 is 1.35 bits per heavy atom. The molecule has 0 radical (unpaired) electrons. The molecule has 0 atom stereocenters. The van der Waals surface area contributed by atoms with Gasteiger partial charge < -0.3 is 15.4 Å². The summed E-state index contributed by atoms with van der Waals surface area (Å²) in [4.78, 5) is 50.7. The molecule has 0 saturated carbocycles. The third kappa shape index (κ3) is 7.08. The highest BCUT2D eigenvalue weighted by Crippen LogP contribution is 2.32. The van der Waals surface area contributed by atoms with Crippen LogP contribution in [0, 0.1) is 13.8 Å². The number of anilines is 2. The van der Waals surface area contributed by atoms with Gasteiger partial charge in [0.1, 0.15) is 12.3 Å². The first-order valence-electron chi connectivity index (χ1n) is 11.5. The van der Waals surface area contributed by atoms with Crippen LogP contribution in [0.1, 0.15) is 16.7 Å². The van der Waals surface area contributed by atoms with E-state index in [-0.39, 0.29) is 24.0 Å². The summed E-state index contributed by atoms with van der Waals surface area (Å²) in [5.41, 5.74) is 4.11. The Morgan fingerprint density at radius 1 is 0.811 bits per heavy atom. The first kappa shape index (κ1) is 25.7. The zero-order valence-corrected chi connectivity index (χ0v) is 21.1. The summed E-state index contributed by atoms with van der Waals surface area (Å²) in [5, 5.41) is 4.94. The number of aryl methyl sites for hydroxylation is 2. The maximum atomic E-state index is 12.7. The van der Waals surface area contributed by atoms with Gasteiger partial charge in [0, 0.05) is 11.4 Å². The van der Waals surface area contributed by atoms with Crippen LogP contribution in [0.4, 0.5) is 16.2 Å². The SMILES string of the molecule is Cc1ccc(NC(=O)COc2ccc(/C=C3/SC(=O)N(CC(=O)Nc4ccc(C)cc4)C3=O)cc2)cc1. The molecular weight excluding hydrogens is 490 g/mol. The number of nitrogens with zero attached hydrogens (tertiary/aromatic N) is 1. The summed E-state index contributed by atoms with van der Waals surface area (Å²) in [6.45, 7) is 3.38. The van der Waals surface area contributed by atoms with Crippen molar-refractivity contribution in [2.45, 2.75) is 13.8 Å². The second-order valence-electron chi connectivity index (χ2n) is 8.45. The van der Waals surface area contributed by atoms with Crippen molar-refractivity contribution < 1.29 is 23.9 Å². The number of rotatable bonds is 8. The number of carbonyl (C=O) groups excluding carboxylic acids is 4. The van der Waals surface area contributed by atoms with Gasteiger partial charge in [0.2, 0.25) is 5.91 Å². The summed E-state index contributed by atoms with van der Waals surface area (Å²) in [5.74, 6) is -0.785. The van der Waals surface area contributed by atoms with E-state index in [2.05, 4.69) is 10.6 Å². The number of hydrogen-bond acceptors (Lipinski definition) is 6. The van der Waals surface area contributed by atoms with Crippen molar-refractivity contribution in [2.75, 3.05) is 23.8 Å². The molecule has 4 amide bonds. The molecule has 37 heavy (non-hydrogen) atoms. The molecule has 4 rings (SSSR count). The van der Waals surface area contributed by atoms with Gasteiger partial charge in [0.25, 0.3) is 17.1 Å². The van der Waals surface area contributed by atoms with Crippen LogP contribution in [0.5, 0.6) is 5.75 Å². The molecule has 0 bridgehead atoms. The molecule has 0 spiro atoms. The Morgan fingerprint density at radius 3 is 1.92 bits per heavy atom. The minimum atomic E-state index is -0.526. The van der Waals surface area contributed by atoms with Gasteiger partial charge in [-0.25, -0.2) is 0 Å². The molecule has 0 aliphatic carbocycles. The van der Waals surface area contributed by atoms with E-state index in [0.717, 1.165) is 27.8 Å². The predicted molar refractivity (Wildman–Crippen MR) is 144 cm³/mol. The highest BCUT2D eigenvalue weighted by atomic mass is 32.2. The van der Waals surface area contributed by atoms with E-state index in [0.29, 0.717) is 22.7 Å². The zero-order valence-electron chi connectivity index (χ0n) is 20.3. The molecule has 0 unspecified atom stereocenters. The highest BCUT2D eigenvalue weighted by molar-refractivity contribution is 8.18. The third-order valence-electron chi connectivity index (χ3n) is 5.39. The average Bonchev–Trinajstić information content (AvgIpc) is 3.13. The van der Waals surface area contributed by atoms with Gasteiger partial charge in [0.15, 0.2) is 6.61 Å². The van der Waals surface area contributed by atoms with Crippen molar-refractivity contribution in [2.24, 2.45) is 0 Å². The zero-order chi connectivity index (χ0) is 26.4. The summed E-state index contributed by atoms with van der Waals surface area (Å²) in [7, 11) is 0. The van der Waals surface area contributed by atoms with E-state index < -0.39 is 17.1 Å². The van der Waals surface area contributed by atoms with Crippen LogP contribution >= 0.6 is 11.8 Å². The Hall–Kier alpha value is -4.37. The van der Waals surface area contributed by atoms with Crippen LogP contribution in [-0.4, -0.2) is 41.0 Å². The number of ether oxygens (including phenoxy) is 1. The quantitative estimate of drug-likeness (QED) is 0.409. The molecule has 1 aliphatic rings. The molecule has 1 aliphatic heterocycles. The van der Waals surface area contributed by atoms with E-state index in [1.807, 2.05) is 50.2 Å². The first-order chi connectivity index (χ1) is 17.8. The van der Waals surface area contributed by atoms with Crippen molar-refractivity contribution in [3.05, 3.63) is 94.4 Å². The number of nitrogens with one attached hydrogen (secondary N) is 2. The van der Waals surface area contributed by atoms with Crippen LogP contribution in [-0.2, 0) is 14.4 Å². The van der Waals surface area contributed by atoms with E-state index in [1.165, 1.54) is 0 Å². The van der Waals surface area contributed by atoms with Gasteiger partial charge in [-0.2, -0.15) is 0 Å². The number of thioether (sulfide) groups is 1. The van der Waals surface area contributed by atoms with Gasteiger partial charge in [0.05, 0.1) is 4.91 Å². The van der Waals surface area contributed by atoms with E-state index in [9.17, 15) is 19.2 Å². The minimum Gasteiger partial charge on any atom is -0.484 e. The largest absolute Gasteiger partial charge is 0.484 e. The second-order valence-corrected chi connectivity index (χ2v) is 9.45. The van der Waals surface area contributed by atoms with E-state index in [4.69, 9.17) is 4.74 Å². The lowest BCUT2D eigenvalue weighted by molar-refractivity contribution is -0.127. The predicted octanol–water partition coefficient (Wildman–Crippen LogP) is 5.00. The fraction of sp³-hybridized carbons (Fsp3) is 0.143. The molecular formula is C28H25N3O5S. The number of imide groups is 1. The van der Waals surface area contributed by atoms with Crippen molar-refractivity contribution in [1.82, 2.24) is 4.90 Å². The Kier molecular flexibility index (Phi) is 8.05. The monoisotopic (exact) mass is 515 g/mol. The normalized spacial score (nSPS) is 14.1. The molecule has 9 heteroatoms. The van der Waals surface area contributed by atoms with Gasteiger partial charge in [-0.05, 0) is 73.6 Å². The maximum absolute atomic E-state index is 12.7. The van der Waals surface area contributed by atoms with Gasteiger partial charge >= 0.3 is 0 Å². The number of hydrogen-bond donors (Lipinski definition) is 2. The molecule has 188 valence electrons. The van der Waals surface area contributed by atoms with Crippen LogP contribution in [0.2, 0.25) is 0 Å². The summed E-state index contributed by atoms with van der Waals surface area (Å²) in [6.07, 6.45) is 1.58. The Balaban J connectivity index is 1.30. The number of amides is 4. The van der Waals surface area contributed by atoms with Crippen molar-refractivity contribution in [3.63, 3.8) is 0 Å². The van der Waals surface area contributed by atoms with Gasteiger partial charge in [-0.15, -0.1) is 0 Å². The molecule has 8 nitrogen and oxygen atoms in total. The van der Waals surface area contributed by atoms with Crippen molar-refractivity contribution >= 4 is 52.2 Å². The molecule has 3 aromatic carbocycles. The first-order valence-corrected chi connectivity index (χ1v) is 12.3. The average molecular weight is 516 g/mol. The fourth-order valence-corrected chi connectivity index (χ4v) is 4.25. The van der Waals surface area contributed by atoms with E-state index >= 15 is 0 Å². The highest BCUT2D eigenvalue weighted by Gasteiger charge is 2.36. The molecule has 1 saturated heterocycles. The van der Waals surface area contributed by atoms with Crippen LogP contribution in [0.15, 0.2) is 77.7 Å². The molecule has 2 N–H and O–H groups in total. The fourth-order valence-electron chi connectivity index (χ4n) is 3.41. The summed E-state index contributed by atoms with van der Waals surface area (Å²) < 4.78 is 5.53. The lowest BCUT2D eigenvalue weighted by Crippen LogP contribution is -2.36. The number of benzene rings is 3. The standard InChI is InChI=1S/C28H25N3O5S/c1-18-3-9-21(10-4-18)29-25(32)16-31-27(34)24(37-28(31)35)15-20-7-13-23(14-8-20)36-17-26(33)30-22-11-5-19(2)6-12-22/h3-15H,16-17H2,1-2H3,(H,29,32)(H,30,33)/b24-15+. The third-order valence-corrected chi connectivity index (χ3v) is 6.30. The molecule has 0 aromatic heterocycles. The van der Waals surface area contributed by atoms with Crippen LogP contribution in [0.25, 0.3) is 6.08 Å². The second kappa shape index (κ2) is 11.6. The smallest absolute Gasteiger partial charge is 0.294 e. The molecule has 1 heterocycles. The van der Waals surface area contributed by atoms with Gasteiger partial charge in [-0.1, -0.05) is 47.5 Å². The van der Waals surface area contributed by atoms with E-state index in [1.54, 1.807) is 42.5 Å². The summed E-state index contributed by atoms with van der Waals surface area (Å²) >= 11 is 0.781. The lowest BCUT2D eigenvalue weighted by atomic mass is 10.2. The lowest BCUT2D eigenvalue weighted by Gasteiger charge is -2.12. The Bertz CT molecular complexity index is 1350. The van der Waals surface area contributed by atoms with Crippen molar-refractivity contribution in [3.8, 4) is 5.75 Å². The Labute approximate surface area is 218 Å². The molecule has 1 fully saturated rings. The van der Waals surface area contributed by atoms with Gasteiger partial charge in [-0.3, -0.25) is 24.1 Å². The maximum Gasteiger partial charge on any atom is 0.294 e. The topological polar surface area (TPSA) is 105 Å².